The summed E-state index contributed by atoms with van der Waals surface area (Å²) in [5.41, 5.74) is 6.41. The van der Waals surface area contributed by atoms with Crippen molar-refractivity contribution in [2.75, 3.05) is 5.75 Å². The van der Waals surface area contributed by atoms with Crippen molar-refractivity contribution >= 4 is 23.6 Å². The first-order chi connectivity index (χ1) is 11.2. The normalized spacial score (nSPS) is 11.1. The minimum Gasteiger partial charge on any atom is -0.313 e. The summed E-state index contributed by atoms with van der Waals surface area (Å²) in [7, 11) is 0. The highest BCUT2D eigenvalue weighted by Gasteiger charge is 2.15. The molecule has 2 heterocycles. The van der Waals surface area contributed by atoms with Crippen LogP contribution in [-0.2, 0) is 6.42 Å². The number of thioether (sulfide) groups is 1. The topological polar surface area (TPSA) is 21.5 Å². The Hall–Kier alpha value is -2.00. The number of rotatable bonds is 5. The molecule has 0 spiro atoms. The minimum absolute atomic E-state index is 0.735. The van der Waals surface area contributed by atoms with E-state index in [1.807, 2.05) is 16.2 Å². The number of hydrogen-bond donors (Lipinski definition) is 0. The van der Waals surface area contributed by atoms with Crippen LogP contribution in [0.5, 0.6) is 0 Å². The zero-order valence-corrected chi connectivity index (χ0v) is 14.6. The molecule has 0 aliphatic carbocycles. The second-order valence-corrected chi connectivity index (χ2v) is 6.99. The highest BCUT2D eigenvalue weighted by molar-refractivity contribution is 7.99. The van der Waals surface area contributed by atoms with E-state index in [9.17, 15) is 4.79 Å². The second-order valence-electron chi connectivity index (χ2n) is 5.68. The van der Waals surface area contributed by atoms with Gasteiger partial charge in [-0.15, -0.1) is 11.8 Å². The number of carbonyl (C=O) groups is 1. The highest BCUT2D eigenvalue weighted by atomic mass is 32.2. The average molecular weight is 323 g/mol. The van der Waals surface area contributed by atoms with Crippen molar-refractivity contribution < 1.29 is 4.79 Å². The maximum absolute atomic E-state index is 11.8. The lowest BCUT2D eigenvalue weighted by atomic mass is 10.0. The Labute approximate surface area is 141 Å². The van der Waals surface area contributed by atoms with Gasteiger partial charge in [0, 0.05) is 22.2 Å². The first kappa shape index (κ1) is 15.9. The summed E-state index contributed by atoms with van der Waals surface area (Å²) < 4.78 is 2.02. The molecular weight excluding hydrogens is 302 g/mol. The summed E-state index contributed by atoms with van der Waals surface area (Å²) in [5.74, 6) is 1.01. The first-order valence-corrected chi connectivity index (χ1v) is 8.99. The average Bonchev–Trinajstić information content (AvgIpc) is 2.93. The fraction of sp³-hybridized carbons (Fsp3) is 0.250. The van der Waals surface area contributed by atoms with Crippen molar-refractivity contribution in [3.05, 3.63) is 59.4 Å². The highest BCUT2D eigenvalue weighted by Crippen LogP contribution is 2.35. The number of pyridine rings is 1. The number of carbonyl (C=O) groups excluding carboxylic acids is 1. The molecule has 0 unspecified atom stereocenters. The van der Waals surface area contributed by atoms with Gasteiger partial charge >= 0.3 is 0 Å². The van der Waals surface area contributed by atoms with Crippen LogP contribution >= 0.6 is 11.8 Å². The Bertz CT molecular complexity index is 863. The molecule has 0 aliphatic heterocycles. The van der Waals surface area contributed by atoms with E-state index in [4.69, 9.17) is 0 Å². The van der Waals surface area contributed by atoms with Crippen LogP contribution in [0.2, 0.25) is 0 Å². The molecule has 3 aromatic rings. The fourth-order valence-electron chi connectivity index (χ4n) is 2.91. The van der Waals surface area contributed by atoms with Crippen molar-refractivity contribution in [3.8, 4) is 11.1 Å². The van der Waals surface area contributed by atoms with Crippen LogP contribution in [0.3, 0.4) is 0 Å². The SMILES string of the molecule is CCSc1ccc(C)cc1-c1cc2ccc(CC)cn2c1C=O. The van der Waals surface area contributed by atoms with Crippen molar-refractivity contribution in [1.29, 1.82) is 0 Å². The number of fused-ring (bicyclic) bond motifs is 1. The zero-order valence-electron chi connectivity index (χ0n) is 13.8. The van der Waals surface area contributed by atoms with Crippen LogP contribution in [-0.4, -0.2) is 16.4 Å². The second kappa shape index (κ2) is 6.63. The van der Waals surface area contributed by atoms with Crippen LogP contribution in [0.15, 0.2) is 47.5 Å². The van der Waals surface area contributed by atoms with E-state index < -0.39 is 0 Å². The fourth-order valence-corrected chi connectivity index (χ4v) is 3.71. The molecule has 0 saturated carbocycles. The largest absolute Gasteiger partial charge is 0.313 e. The van der Waals surface area contributed by atoms with Crippen LogP contribution in [0.4, 0.5) is 0 Å². The molecule has 0 N–H and O–H groups in total. The van der Waals surface area contributed by atoms with E-state index in [0.29, 0.717) is 0 Å². The summed E-state index contributed by atoms with van der Waals surface area (Å²) in [4.78, 5) is 13.0. The van der Waals surface area contributed by atoms with Crippen LogP contribution < -0.4 is 0 Å². The Morgan fingerprint density at radius 3 is 2.61 bits per heavy atom. The molecular formula is C20H21NOS. The summed E-state index contributed by atoms with van der Waals surface area (Å²) in [6, 6.07) is 12.8. The van der Waals surface area contributed by atoms with Gasteiger partial charge in [-0.1, -0.05) is 37.6 Å². The van der Waals surface area contributed by atoms with Gasteiger partial charge < -0.3 is 4.40 Å². The predicted octanol–water partition coefficient (Wildman–Crippen LogP) is 5.40. The molecule has 0 bridgehead atoms. The van der Waals surface area contributed by atoms with Crippen LogP contribution in [0, 0.1) is 6.92 Å². The molecule has 0 aliphatic rings. The van der Waals surface area contributed by atoms with Crippen molar-refractivity contribution in [1.82, 2.24) is 4.40 Å². The number of hydrogen-bond acceptors (Lipinski definition) is 2. The monoisotopic (exact) mass is 323 g/mol. The van der Waals surface area contributed by atoms with Gasteiger partial charge in [-0.25, -0.2) is 0 Å². The standard InChI is InChI=1S/C20H21NOS/c1-4-15-7-8-16-11-17(19(13-22)21(16)12-15)18-10-14(3)6-9-20(18)23-5-2/h6-13H,4-5H2,1-3H3. The molecule has 118 valence electrons. The molecule has 23 heavy (non-hydrogen) atoms. The third kappa shape index (κ3) is 2.93. The summed E-state index contributed by atoms with van der Waals surface area (Å²) in [6.07, 6.45) is 4.01. The molecule has 1 aromatic carbocycles. The van der Waals surface area contributed by atoms with Gasteiger partial charge in [0.15, 0.2) is 6.29 Å². The van der Waals surface area contributed by atoms with Gasteiger partial charge in [-0.05, 0) is 48.4 Å². The maximum Gasteiger partial charge on any atom is 0.167 e. The maximum atomic E-state index is 11.8. The van der Waals surface area contributed by atoms with Crippen molar-refractivity contribution in [3.63, 3.8) is 0 Å². The van der Waals surface area contributed by atoms with Crippen LogP contribution in [0.25, 0.3) is 16.6 Å². The van der Waals surface area contributed by atoms with E-state index in [1.165, 1.54) is 16.0 Å². The van der Waals surface area contributed by atoms with Gasteiger partial charge in [0.05, 0.1) is 5.69 Å². The van der Waals surface area contributed by atoms with E-state index in [1.54, 1.807) is 0 Å². The minimum atomic E-state index is 0.735. The third-order valence-corrected chi connectivity index (χ3v) is 5.07. The lowest BCUT2D eigenvalue weighted by Gasteiger charge is -2.09. The Morgan fingerprint density at radius 1 is 1.09 bits per heavy atom. The van der Waals surface area contributed by atoms with Crippen LogP contribution in [0.1, 0.15) is 35.5 Å². The molecule has 3 rings (SSSR count). The molecule has 0 atom stereocenters. The van der Waals surface area contributed by atoms with Gasteiger partial charge in [-0.3, -0.25) is 4.79 Å². The van der Waals surface area contributed by atoms with Gasteiger partial charge in [0.25, 0.3) is 0 Å². The van der Waals surface area contributed by atoms with Crippen molar-refractivity contribution in [2.45, 2.75) is 32.1 Å². The smallest absolute Gasteiger partial charge is 0.167 e. The zero-order chi connectivity index (χ0) is 16.4. The quantitative estimate of drug-likeness (QED) is 0.463. The summed E-state index contributed by atoms with van der Waals surface area (Å²) in [5, 5.41) is 0. The number of aldehydes is 1. The van der Waals surface area contributed by atoms with Crippen molar-refractivity contribution in [2.24, 2.45) is 0 Å². The molecule has 0 fully saturated rings. The number of aromatic nitrogens is 1. The Balaban J connectivity index is 2.28. The first-order valence-electron chi connectivity index (χ1n) is 8.01. The predicted molar refractivity (Wildman–Crippen MR) is 98.7 cm³/mol. The third-order valence-electron chi connectivity index (χ3n) is 4.11. The number of aryl methyl sites for hydroxylation is 2. The van der Waals surface area contributed by atoms with E-state index in [0.717, 1.165) is 40.8 Å². The lowest BCUT2D eigenvalue weighted by Crippen LogP contribution is -1.95. The van der Waals surface area contributed by atoms with Gasteiger partial charge in [0.1, 0.15) is 0 Å². The number of nitrogens with zero attached hydrogens (tertiary/aromatic N) is 1. The lowest BCUT2D eigenvalue weighted by molar-refractivity contribution is 0.111. The van der Waals surface area contributed by atoms with Gasteiger partial charge in [0.2, 0.25) is 0 Å². The van der Waals surface area contributed by atoms with Gasteiger partial charge in [-0.2, -0.15) is 0 Å². The summed E-state index contributed by atoms with van der Waals surface area (Å²) in [6.45, 7) is 6.37. The Kier molecular flexibility index (Phi) is 4.58. The van der Waals surface area contributed by atoms with E-state index >= 15 is 0 Å². The summed E-state index contributed by atoms with van der Waals surface area (Å²) >= 11 is 1.82. The molecule has 0 saturated heterocycles. The molecule has 3 heteroatoms. The molecule has 0 amide bonds. The molecule has 2 aromatic heterocycles. The molecule has 2 nitrogen and oxygen atoms in total. The van der Waals surface area contributed by atoms with E-state index in [2.05, 4.69) is 63.4 Å². The Morgan fingerprint density at radius 2 is 1.91 bits per heavy atom. The van der Waals surface area contributed by atoms with E-state index in [-0.39, 0.29) is 0 Å². The number of benzene rings is 1. The molecule has 0 radical (unpaired) electrons.